The fourth-order valence-electron chi connectivity index (χ4n) is 3.92. The molecule has 1 aromatic heterocycles. The van der Waals surface area contributed by atoms with Crippen molar-refractivity contribution in [1.29, 1.82) is 0 Å². The van der Waals surface area contributed by atoms with Crippen LogP contribution in [0.1, 0.15) is 40.0 Å². The van der Waals surface area contributed by atoms with Gasteiger partial charge in [-0.15, -0.1) is 0 Å². The molecule has 0 spiro atoms. The molecule has 0 radical (unpaired) electrons. The van der Waals surface area contributed by atoms with Crippen molar-refractivity contribution in [3.05, 3.63) is 69.3 Å². The Hall–Kier alpha value is -2.60. The zero-order chi connectivity index (χ0) is 20.4. The smallest absolute Gasteiger partial charge is 0.253 e. The first-order chi connectivity index (χ1) is 14.0. The van der Waals surface area contributed by atoms with Gasteiger partial charge >= 0.3 is 0 Å². The van der Waals surface area contributed by atoms with Crippen LogP contribution in [0.4, 0.5) is 0 Å². The molecule has 2 N–H and O–H groups in total. The second kappa shape index (κ2) is 8.41. The minimum atomic E-state index is -0.0368. The van der Waals surface area contributed by atoms with E-state index in [0.717, 1.165) is 58.1 Å². The fourth-order valence-corrected chi connectivity index (χ4v) is 4.28. The third kappa shape index (κ3) is 4.37. The van der Waals surface area contributed by atoms with Gasteiger partial charge < -0.3 is 15.2 Å². The predicted molar refractivity (Wildman–Crippen MR) is 118 cm³/mol. The number of rotatable bonds is 5. The lowest BCUT2D eigenvalue weighted by atomic mass is 10.1. The van der Waals surface area contributed by atoms with E-state index < -0.39 is 0 Å². The molecule has 0 atom stereocenters. The first-order valence-corrected chi connectivity index (χ1v) is 10.7. The van der Waals surface area contributed by atoms with Crippen LogP contribution in [-0.2, 0) is 17.8 Å². The Bertz CT molecular complexity index is 1070. The molecule has 0 saturated carbocycles. The number of aromatic amines is 1. The number of aromatic nitrogens is 1. The zero-order valence-electron chi connectivity index (χ0n) is 16.4. The van der Waals surface area contributed by atoms with Gasteiger partial charge in [0.05, 0.1) is 6.42 Å². The van der Waals surface area contributed by atoms with Gasteiger partial charge in [0.1, 0.15) is 0 Å². The highest BCUT2D eigenvalue weighted by Gasteiger charge is 2.19. The van der Waals surface area contributed by atoms with Gasteiger partial charge in [-0.25, -0.2) is 0 Å². The van der Waals surface area contributed by atoms with Crippen LogP contribution >= 0.6 is 15.9 Å². The molecule has 1 aliphatic heterocycles. The highest BCUT2D eigenvalue weighted by Crippen LogP contribution is 2.26. The lowest BCUT2D eigenvalue weighted by Crippen LogP contribution is -2.28. The maximum Gasteiger partial charge on any atom is 0.253 e. The number of hydrogen-bond donors (Lipinski definition) is 2. The molecule has 0 aliphatic carbocycles. The molecule has 3 aromatic rings. The molecule has 4 rings (SSSR count). The third-order valence-corrected chi connectivity index (χ3v) is 5.97. The van der Waals surface area contributed by atoms with Crippen molar-refractivity contribution in [1.82, 2.24) is 15.2 Å². The summed E-state index contributed by atoms with van der Waals surface area (Å²) in [5.41, 5.74) is 4.67. The van der Waals surface area contributed by atoms with Crippen LogP contribution in [0.5, 0.6) is 0 Å². The number of aryl methyl sites for hydroxylation is 1. The van der Waals surface area contributed by atoms with Gasteiger partial charge in [0, 0.05) is 46.3 Å². The lowest BCUT2D eigenvalue weighted by Gasteiger charge is -2.15. The van der Waals surface area contributed by atoms with E-state index in [4.69, 9.17) is 0 Å². The Kier molecular flexibility index (Phi) is 5.72. The molecule has 2 amide bonds. The Balaban J connectivity index is 1.41. The van der Waals surface area contributed by atoms with Crippen molar-refractivity contribution in [2.24, 2.45) is 0 Å². The van der Waals surface area contributed by atoms with Crippen molar-refractivity contribution in [2.45, 2.75) is 32.7 Å². The van der Waals surface area contributed by atoms with E-state index in [1.807, 2.05) is 54.3 Å². The molecule has 5 nitrogen and oxygen atoms in total. The topological polar surface area (TPSA) is 65.2 Å². The van der Waals surface area contributed by atoms with Crippen LogP contribution < -0.4 is 5.32 Å². The average Bonchev–Trinajstić information content (AvgIpc) is 3.35. The molecule has 1 fully saturated rings. The molecule has 150 valence electrons. The SMILES string of the molecule is Cc1[nH]c2ccc(Br)cc2c1CC(=O)NCc1cccc(C(=O)N2CCCC2)c1. The molecule has 29 heavy (non-hydrogen) atoms. The van der Waals surface area contributed by atoms with E-state index >= 15 is 0 Å². The number of fused-ring (bicyclic) bond motifs is 1. The summed E-state index contributed by atoms with van der Waals surface area (Å²) in [7, 11) is 0. The van der Waals surface area contributed by atoms with E-state index in [-0.39, 0.29) is 11.8 Å². The number of amides is 2. The average molecular weight is 454 g/mol. The zero-order valence-corrected chi connectivity index (χ0v) is 18.0. The Morgan fingerprint density at radius 2 is 1.93 bits per heavy atom. The number of H-pyrrole nitrogens is 1. The summed E-state index contributed by atoms with van der Waals surface area (Å²) >= 11 is 3.50. The van der Waals surface area contributed by atoms with Crippen LogP contribution in [0.15, 0.2) is 46.9 Å². The van der Waals surface area contributed by atoms with Crippen molar-refractivity contribution < 1.29 is 9.59 Å². The summed E-state index contributed by atoms with van der Waals surface area (Å²) in [6, 6.07) is 13.6. The van der Waals surface area contributed by atoms with Crippen LogP contribution in [0, 0.1) is 6.92 Å². The van der Waals surface area contributed by atoms with Crippen molar-refractivity contribution >= 4 is 38.6 Å². The highest BCUT2D eigenvalue weighted by atomic mass is 79.9. The minimum Gasteiger partial charge on any atom is -0.358 e. The predicted octanol–water partition coefficient (Wildman–Crippen LogP) is 4.33. The van der Waals surface area contributed by atoms with Gasteiger partial charge in [0.15, 0.2) is 0 Å². The molecule has 0 bridgehead atoms. The molecular formula is C23H24BrN3O2. The number of carbonyl (C=O) groups excluding carboxylic acids is 2. The first kappa shape index (κ1) is 19.7. The van der Waals surface area contributed by atoms with Gasteiger partial charge in [-0.05, 0) is 61.2 Å². The van der Waals surface area contributed by atoms with Crippen molar-refractivity contribution in [3.63, 3.8) is 0 Å². The normalized spacial score (nSPS) is 13.8. The van der Waals surface area contributed by atoms with E-state index in [1.54, 1.807) is 0 Å². The van der Waals surface area contributed by atoms with E-state index in [0.29, 0.717) is 18.5 Å². The molecule has 2 aromatic carbocycles. The fraction of sp³-hybridized carbons (Fsp3) is 0.304. The maximum absolute atomic E-state index is 12.6. The number of nitrogens with one attached hydrogen (secondary N) is 2. The van der Waals surface area contributed by atoms with E-state index in [9.17, 15) is 9.59 Å². The molecule has 2 heterocycles. The van der Waals surface area contributed by atoms with E-state index in [2.05, 4.69) is 26.2 Å². The molecule has 0 unspecified atom stereocenters. The largest absolute Gasteiger partial charge is 0.358 e. The Labute approximate surface area is 178 Å². The standard InChI is InChI=1S/C23H24BrN3O2/c1-15-19(20-12-18(24)7-8-21(20)26-15)13-22(28)25-14-16-5-4-6-17(11-16)23(29)27-9-2-3-10-27/h4-8,11-12,26H,2-3,9-10,13-14H2,1H3,(H,25,28). The first-order valence-electron chi connectivity index (χ1n) is 9.93. The quantitative estimate of drug-likeness (QED) is 0.603. The van der Waals surface area contributed by atoms with Gasteiger partial charge in [-0.2, -0.15) is 0 Å². The summed E-state index contributed by atoms with van der Waals surface area (Å²) in [6.07, 6.45) is 2.46. The second-order valence-corrected chi connectivity index (χ2v) is 8.49. The van der Waals surface area contributed by atoms with E-state index in [1.165, 1.54) is 0 Å². The number of hydrogen-bond acceptors (Lipinski definition) is 2. The van der Waals surface area contributed by atoms with Gasteiger partial charge in [0.25, 0.3) is 5.91 Å². The second-order valence-electron chi connectivity index (χ2n) is 7.57. The Morgan fingerprint density at radius 1 is 1.14 bits per heavy atom. The summed E-state index contributed by atoms with van der Waals surface area (Å²) in [6.45, 7) is 4.06. The number of benzene rings is 2. The number of halogens is 1. The molecule has 1 aliphatic rings. The van der Waals surface area contributed by atoms with Crippen molar-refractivity contribution in [2.75, 3.05) is 13.1 Å². The number of nitrogens with zero attached hydrogens (tertiary/aromatic N) is 1. The summed E-state index contributed by atoms with van der Waals surface area (Å²) in [5, 5.41) is 4.05. The molecule has 6 heteroatoms. The molecular weight excluding hydrogens is 430 g/mol. The van der Waals surface area contributed by atoms with Gasteiger partial charge in [-0.1, -0.05) is 28.1 Å². The van der Waals surface area contributed by atoms with Crippen molar-refractivity contribution in [3.8, 4) is 0 Å². The van der Waals surface area contributed by atoms with Crippen LogP contribution in [0.25, 0.3) is 10.9 Å². The van der Waals surface area contributed by atoms with Crippen LogP contribution in [-0.4, -0.2) is 34.8 Å². The third-order valence-electron chi connectivity index (χ3n) is 5.48. The number of carbonyl (C=O) groups is 2. The lowest BCUT2D eigenvalue weighted by molar-refractivity contribution is -0.120. The van der Waals surface area contributed by atoms with Gasteiger partial charge in [-0.3, -0.25) is 9.59 Å². The Morgan fingerprint density at radius 3 is 2.72 bits per heavy atom. The molecule has 1 saturated heterocycles. The monoisotopic (exact) mass is 453 g/mol. The van der Waals surface area contributed by atoms with Gasteiger partial charge in [0.2, 0.25) is 5.91 Å². The highest BCUT2D eigenvalue weighted by molar-refractivity contribution is 9.10. The maximum atomic E-state index is 12.6. The van der Waals surface area contributed by atoms with Crippen LogP contribution in [0.3, 0.4) is 0 Å². The summed E-state index contributed by atoms with van der Waals surface area (Å²) in [4.78, 5) is 30.4. The minimum absolute atomic E-state index is 0.0368. The van der Waals surface area contributed by atoms with Crippen LogP contribution in [0.2, 0.25) is 0 Å². The number of likely N-dealkylation sites (tertiary alicyclic amines) is 1. The summed E-state index contributed by atoms with van der Waals surface area (Å²) < 4.78 is 0.991. The summed E-state index contributed by atoms with van der Waals surface area (Å²) in [5.74, 6) is 0.0425.